The number of hydrogen-bond donors (Lipinski definition) is 3. The molecule has 0 aromatic carbocycles. The summed E-state index contributed by atoms with van der Waals surface area (Å²) in [4.78, 5) is 24.6. The van der Waals surface area contributed by atoms with E-state index in [1.54, 1.807) is 0 Å². The molecule has 2 atom stereocenters. The van der Waals surface area contributed by atoms with Crippen LogP contribution in [0.15, 0.2) is 12.2 Å². The molecule has 0 aromatic rings. The van der Waals surface area contributed by atoms with Crippen LogP contribution in [0.2, 0.25) is 0 Å². The van der Waals surface area contributed by atoms with Crippen molar-refractivity contribution < 1.29 is 24.5 Å². The van der Waals surface area contributed by atoms with Gasteiger partial charge < -0.3 is 20.3 Å². The molecule has 0 radical (unpaired) electrons. The highest BCUT2D eigenvalue weighted by molar-refractivity contribution is 5.76. The van der Waals surface area contributed by atoms with Crippen molar-refractivity contribution in [3.63, 3.8) is 0 Å². The predicted octanol–water partition coefficient (Wildman–Crippen LogP) is 21.2. The van der Waals surface area contributed by atoms with E-state index in [1.807, 2.05) is 0 Å². The highest BCUT2D eigenvalue weighted by Crippen LogP contribution is 2.19. The minimum absolute atomic E-state index is 0.0159. The van der Waals surface area contributed by atoms with Gasteiger partial charge in [-0.25, -0.2) is 0 Å². The van der Waals surface area contributed by atoms with Crippen molar-refractivity contribution in [2.24, 2.45) is 0 Å². The lowest BCUT2D eigenvalue weighted by Crippen LogP contribution is -2.45. The number of ether oxygens (including phenoxy) is 1. The predicted molar refractivity (Wildman–Crippen MR) is 320 cm³/mol. The number of aliphatic hydroxyl groups excluding tert-OH is 2. The van der Waals surface area contributed by atoms with Gasteiger partial charge in [-0.1, -0.05) is 328 Å². The number of aliphatic hydroxyl groups is 2. The lowest BCUT2D eigenvalue weighted by atomic mass is 10.0. The van der Waals surface area contributed by atoms with E-state index in [4.69, 9.17) is 4.74 Å². The Morgan fingerprint density at radius 3 is 0.973 bits per heavy atom. The number of amides is 1. The van der Waals surface area contributed by atoms with Crippen LogP contribution in [0.4, 0.5) is 0 Å². The van der Waals surface area contributed by atoms with Crippen LogP contribution < -0.4 is 5.32 Å². The lowest BCUT2D eigenvalue weighted by molar-refractivity contribution is -0.143. The number of hydrogen-bond acceptors (Lipinski definition) is 5. The number of esters is 1. The summed E-state index contributed by atoms with van der Waals surface area (Å²) in [7, 11) is 0. The van der Waals surface area contributed by atoms with Crippen LogP contribution in [0.1, 0.15) is 380 Å². The first-order valence-electron chi connectivity index (χ1n) is 33.4. The standard InChI is InChI=1S/C67H131NO5/c1-3-5-7-9-11-13-15-16-17-18-31-34-37-41-45-49-53-57-61-67(72)73-62-58-54-50-46-42-38-35-32-29-27-25-23-21-19-20-22-24-26-28-30-33-36-40-44-48-52-56-60-66(71)68-64(63-69)65(70)59-55-51-47-43-39-14-12-10-8-6-4-2/h17-18,64-65,69-70H,3-16,19-63H2,1-2H3,(H,68,71)/b18-17-. The Bertz CT molecular complexity index is 1100. The van der Waals surface area contributed by atoms with Gasteiger partial charge >= 0.3 is 5.97 Å². The summed E-state index contributed by atoms with van der Waals surface area (Å²) in [5.74, 6) is -0.0154. The molecule has 0 aromatic heterocycles. The lowest BCUT2D eigenvalue weighted by Gasteiger charge is -2.22. The molecule has 0 saturated carbocycles. The second kappa shape index (κ2) is 63.1. The van der Waals surface area contributed by atoms with E-state index in [2.05, 4.69) is 31.3 Å². The molecule has 2 unspecified atom stereocenters. The first-order chi connectivity index (χ1) is 36.0. The van der Waals surface area contributed by atoms with Gasteiger partial charge in [0.15, 0.2) is 0 Å². The van der Waals surface area contributed by atoms with Crippen molar-refractivity contribution in [1.82, 2.24) is 5.32 Å². The molecule has 6 heteroatoms. The van der Waals surface area contributed by atoms with Gasteiger partial charge in [-0.05, 0) is 51.4 Å². The third-order valence-corrected chi connectivity index (χ3v) is 15.8. The fraction of sp³-hybridized carbons (Fsp3) is 0.940. The minimum atomic E-state index is -0.660. The normalized spacial score (nSPS) is 12.5. The van der Waals surface area contributed by atoms with Crippen molar-refractivity contribution in [2.75, 3.05) is 13.2 Å². The summed E-state index contributed by atoms with van der Waals surface area (Å²) in [6.45, 7) is 4.97. The Morgan fingerprint density at radius 1 is 0.370 bits per heavy atom. The Kier molecular flexibility index (Phi) is 61.9. The Hall–Kier alpha value is -1.40. The highest BCUT2D eigenvalue weighted by atomic mass is 16.5. The molecule has 73 heavy (non-hydrogen) atoms. The van der Waals surface area contributed by atoms with E-state index in [-0.39, 0.29) is 18.5 Å². The van der Waals surface area contributed by atoms with Crippen LogP contribution in [0.25, 0.3) is 0 Å². The van der Waals surface area contributed by atoms with E-state index in [0.29, 0.717) is 25.9 Å². The van der Waals surface area contributed by atoms with E-state index >= 15 is 0 Å². The van der Waals surface area contributed by atoms with Crippen LogP contribution in [0, 0.1) is 0 Å². The van der Waals surface area contributed by atoms with Crippen LogP contribution in [0.3, 0.4) is 0 Å². The van der Waals surface area contributed by atoms with Crippen molar-refractivity contribution >= 4 is 11.9 Å². The Balaban J connectivity index is 3.31. The molecule has 0 fully saturated rings. The van der Waals surface area contributed by atoms with Crippen molar-refractivity contribution in [1.29, 1.82) is 0 Å². The molecule has 0 heterocycles. The minimum Gasteiger partial charge on any atom is -0.466 e. The molecule has 0 saturated heterocycles. The molecule has 1 amide bonds. The van der Waals surface area contributed by atoms with Crippen LogP contribution in [0.5, 0.6) is 0 Å². The summed E-state index contributed by atoms with van der Waals surface area (Å²) in [5, 5.41) is 23.2. The topological polar surface area (TPSA) is 95.9 Å². The fourth-order valence-corrected chi connectivity index (χ4v) is 10.7. The fourth-order valence-electron chi connectivity index (χ4n) is 10.7. The third kappa shape index (κ3) is 59.7. The van der Waals surface area contributed by atoms with Crippen molar-refractivity contribution in [2.45, 2.75) is 392 Å². The SMILES string of the molecule is CCCCCCCCC/C=C\CCCCCCCCCC(=O)OCCCCCCCCCCCCCCCCCCCCCCCCCCCCCC(=O)NC(CO)C(O)CCCCCCCCCCCCC. The van der Waals surface area contributed by atoms with Gasteiger partial charge in [0.2, 0.25) is 5.91 Å². The molecule has 3 N–H and O–H groups in total. The molecule has 0 aliphatic carbocycles. The first kappa shape index (κ1) is 71.6. The van der Waals surface area contributed by atoms with Gasteiger partial charge in [-0.3, -0.25) is 9.59 Å². The van der Waals surface area contributed by atoms with E-state index in [0.717, 1.165) is 44.9 Å². The number of rotatable bonds is 63. The number of nitrogens with one attached hydrogen (secondary N) is 1. The van der Waals surface area contributed by atoms with Crippen LogP contribution in [-0.2, 0) is 14.3 Å². The molecule has 434 valence electrons. The van der Waals surface area contributed by atoms with E-state index < -0.39 is 12.1 Å². The van der Waals surface area contributed by atoms with Crippen molar-refractivity contribution in [3.05, 3.63) is 12.2 Å². The Labute approximate surface area is 457 Å². The van der Waals surface area contributed by atoms with E-state index in [9.17, 15) is 19.8 Å². The molecule has 0 rings (SSSR count). The molecule has 0 aliphatic heterocycles. The average Bonchev–Trinajstić information content (AvgIpc) is 3.39. The third-order valence-electron chi connectivity index (χ3n) is 15.8. The largest absolute Gasteiger partial charge is 0.466 e. The van der Waals surface area contributed by atoms with Gasteiger partial charge in [0.1, 0.15) is 0 Å². The second-order valence-corrected chi connectivity index (χ2v) is 23.2. The average molecular weight is 1030 g/mol. The highest BCUT2D eigenvalue weighted by Gasteiger charge is 2.20. The summed E-state index contributed by atoms with van der Waals surface area (Å²) >= 11 is 0. The Morgan fingerprint density at radius 2 is 0.644 bits per heavy atom. The smallest absolute Gasteiger partial charge is 0.305 e. The number of carbonyl (C=O) groups excluding carboxylic acids is 2. The second-order valence-electron chi connectivity index (χ2n) is 23.2. The first-order valence-corrected chi connectivity index (χ1v) is 33.4. The molecule has 6 nitrogen and oxygen atoms in total. The van der Waals surface area contributed by atoms with Gasteiger partial charge in [0.05, 0.1) is 25.4 Å². The molecule has 0 spiro atoms. The van der Waals surface area contributed by atoms with Gasteiger partial charge in [-0.15, -0.1) is 0 Å². The van der Waals surface area contributed by atoms with Crippen LogP contribution >= 0.6 is 0 Å². The zero-order valence-corrected chi connectivity index (χ0v) is 49.6. The van der Waals surface area contributed by atoms with Gasteiger partial charge in [0, 0.05) is 12.8 Å². The summed E-state index contributed by atoms with van der Waals surface area (Å²) in [5.41, 5.74) is 0. The molecular formula is C67H131NO5. The molecular weight excluding hydrogens is 899 g/mol. The van der Waals surface area contributed by atoms with Crippen molar-refractivity contribution in [3.8, 4) is 0 Å². The molecule has 0 aliphatic rings. The van der Waals surface area contributed by atoms with Gasteiger partial charge in [0.25, 0.3) is 0 Å². The zero-order chi connectivity index (χ0) is 52.9. The van der Waals surface area contributed by atoms with Crippen LogP contribution in [-0.4, -0.2) is 47.4 Å². The quantitative estimate of drug-likeness (QED) is 0.0320. The zero-order valence-electron chi connectivity index (χ0n) is 49.6. The summed E-state index contributed by atoms with van der Waals surface area (Å²) in [6.07, 6.45) is 76.8. The maximum Gasteiger partial charge on any atom is 0.305 e. The monoisotopic (exact) mass is 1030 g/mol. The number of unbranched alkanes of at least 4 members (excludes halogenated alkanes) is 50. The summed E-state index contributed by atoms with van der Waals surface area (Å²) in [6, 6.07) is -0.537. The maximum atomic E-state index is 12.5. The number of allylic oxidation sites excluding steroid dienone is 2. The van der Waals surface area contributed by atoms with Gasteiger partial charge in [-0.2, -0.15) is 0 Å². The summed E-state index contributed by atoms with van der Waals surface area (Å²) < 4.78 is 5.50. The van der Waals surface area contributed by atoms with E-state index in [1.165, 1.54) is 302 Å². The molecule has 0 bridgehead atoms. The maximum absolute atomic E-state index is 12.5. The number of carbonyl (C=O) groups is 2.